The fourth-order valence-corrected chi connectivity index (χ4v) is 2.96. The topological polar surface area (TPSA) is 67.2 Å². The van der Waals surface area contributed by atoms with E-state index in [1.807, 2.05) is 20.9 Å². The van der Waals surface area contributed by atoms with Gasteiger partial charge in [0.2, 0.25) is 0 Å². The van der Waals surface area contributed by atoms with Gasteiger partial charge >= 0.3 is 0 Å². The van der Waals surface area contributed by atoms with E-state index in [9.17, 15) is 9.90 Å². The Kier molecular flexibility index (Phi) is 3.94. The van der Waals surface area contributed by atoms with Gasteiger partial charge in [-0.2, -0.15) is 5.10 Å². The van der Waals surface area contributed by atoms with Gasteiger partial charge in [-0.05, 0) is 26.7 Å². The molecule has 0 aliphatic heterocycles. The standard InChI is InChI=1S/C14H23N3O2/c1-10-12(11(2)17(3)16-10)13(19)15-14(9-18)7-5-4-6-8-14/h18H,4-9H2,1-3H3,(H,15,19). The summed E-state index contributed by atoms with van der Waals surface area (Å²) in [4.78, 5) is 12.5. The van der Waals surface area contributed by atoms with Crippen LogP contribution in [0.2, 0.25) is 0 Å². The maximum absolute atomic E-state index is 12.5. The van der Waals surface area contributed by atoms with E-state index in [2.05, 4.69) is 10.4 Å². The van der Waals surface area contributed by atoms with Crippen LogP contribution in [-0.2, 0) is 7.05 Å². The highest BCUT2D eigenvalue weighted by Gasteiger charge is 2.34. The molecule has 1 amide bonds. The van der Waals surface area contributed by atoms with Crippen LogP contribution in [0.15, 0.2) is 0 Å². The van der Waals surface area contributed by atoms with Crippen molar-refractivity contribution < 1.29 is 9.90 Å². The number of nitrogens with one attached hydrogen (secondary N) is 1. The summed E-state index contributed by atoms with van der Waals surface area (Å²) in [7, 11) is 1.83. The number of aromatic nitrogens is 2. The first-order valence-electron chi connectivity index (χ1n) is 6.93. The van der Waals surface area contributed by atoms with Crippen molar-refractivity contribution in [1.29, 1.82) is 0 Å². The summed E-state index contributed by atoms with van der Waals surface area (Å²) in [5.74, 6) is -0.112. The lowest BCUT2D eigenvalue weighted by atomic mass is 9.82. The van der Waals surface area contributed by atoms with Crippen LogP contribution in [0.25, 0.3) is 0 Å². The zero-order valence-corrected chi connectivity index (χ0v) is 12.0. The SMILES string of the molecule is Cc1nn(C)c(C)c1C(=O)NC1(CO)CCCCC1. The van der Waals surface area contributed by atoms with Gasteiger partial charge in [0.15, 0.2) is 0 Å². The van der Waals surface area contributed by atoms with Crippen molar-refractivity contribution >= 4 is 5.91 Å². The third kappa shape index (κ3) is 2.66. The largest absolute Gasteiger partial charge is 0.394 e. The molecule has 0 saturated heterocycles. The molecule has 0 radical (unpaired) electrons. The molecule has 2 rings (SSSR count). The summed E-state index contributed by atoms with van der Waals surface area (Å²) >= 11 is 0. The Morgan fingerprint density at radius 2 is 2.00 bits per heavy atom. The van der Waals surface area contributed by atoms with E-state index >= 15 is 0 Å². The minimum atomic E-state index is -0.440. The van der Waals surface area contributed by atoms with Crippen LogP contribution in [-0.4, -0.2) is 32.9 Å². The normalized spacial score (nSPS) is 18.3. The number of carbonyl (C=O) groups is 1. The number of rotatable bonds is 3. The fraction of sp³-hybridized carbons (Fsp3) is 0.714. The Hall–Kier alpha value is -1.36. The molecule has 1 aromatic heterocycles. The number of aliphatic hydroxyl groups excluding tert-OH is 1. The summed E-state index contributed by atoms with van der Waals surface area (Å²) < 4.78 is 1.72. The molecule has 5 nitrogen and oxygen atoms in total. The number of hydrogen-bond donors (Lipinski definition) is 2. The quantitative estimate of drug-likeness (QED) is 0.869. The second kappa shape index (κ2) is 5.33. The van der Waals surface area contributed by atoms with Crippen LogP contribution in [0.4, 0.5) is 0 Å². The predicted octanol–water partition coefficient (Wildman–Crippen LogP) is 1.46. The number of hydrogen-bond acceptors (Lipinski definition) is 3. The van der Waals surface area contributed by atoms with E-state index < -0.39 is 5.54 Å². The van der Waals surface area contributed by atoms with E-state index in [1.54, 1.807) is 4.68 Å². The molecular formula is C14H23N3O2. The first kappa shape index (κ1) is 14.1. The molecule has 0 aromatic carbocycles. The molecule has 0 spiro atoms. The van der Waals surface area contributed by atoms with Crippen LogP contribution in [0.3, 0.4) is 0 Å². The highest BCUT2D eigenvalue weighted by Crippen LogP contribution is 2.28. The van der Waals surface area contributed by atoms with E-state index in [4.69, 9.17) is 0 Å². The second-order valence-corrected chi connectivity index (χ2v) is 5.62. The van der Waals surface area contributed by atoms with E-state index in [0.717, 1.165) is 37.1 Å². The van der Waals surface area contributed by atoms with Crippen LogP contribution in [0.1, 0.15) is 53.8 Å². The lowest BCUT2D eigenvalue weighted by Gasteiger charge is -2.36. The number of amides is 1. The monoisotopic (exact) mass is 265 g/mol. The second-order valence-electron chi connectivity index (χ2n) is 5.62. The summed E-state index contributed by atoms with van der Waals surface area (Å²) in [5, 5.41) is 17.0. The average Bonchev–Trinajstić information content (AvgIpc) is 2.64. The minimum absolute atomic E-state index is 0.0110. The van der Waals surface area contributed by atoms with Crippen molar-refractivity contribution in [1.82, 2.24) is 15.1 Å². The summed E-state index contributed by atoms with van der Waals surface area (Å²) in [6.07, 6.45) is 5.02. The Labute approximate surface area is 114 Å². The van der Waals surface area contributed by atoms with Gasteiger partial charge in [-0.15, -0.1) is 0 Å². The highest BCUT2D eigenvalue weighted by atomic mass is 16.3. The predicted molar refractivity (Wildman–Crippen MR) is 73.1 cm³/mol. The maximum Gasteiger partial charge on any atom is 0.255 e. The van der Waals surface area contributed by atoms with Crippen molar-refractivity contribution in [2.24, 2.45) is 7.05 Å². The zero-order valence-electron chi connectivity index (χ0n) is 12.0. The molecular weight excluding hydrogens is 242 g/mol. The average molecular weight is 265 g/mol. The molecule has 5 heteroatoms. The van der Waals surface area contributed by atoms with Crippen molar-refractivity contribution in [3.05, 3.63) is 17.0 Å². The Bertz CT molecular complexity index is 473. The van der Waals surface area contributed by atoms with Gasteiger partial charge in [0, 0.05) is 12.7 Å². The Morgan fingerprint density at radius 3 is 2.47 bits per heavy atom. The number of carbonyl (C=O) groups excluding carboxylic acids is 1. The molecule has 106 valence electrons. The van der Waals surface area contributed by atoms with Gasteiger partial charge in [-0.1, -0.05) is 19.3 Å². The van der Waals surface area contributed by atoms with Crippen LogP contribution in [0, 0.1) is 13.8 Å². The van der Waals surface area contributed by atoms with E-state index in [1.165, 1.54) is 6.42 Å². The summed E-state index contributed by atoms with van der Waals surface area (Å²) in [6.45, 7) is 3.74. The minimum Gasteiger partial charge on any atom is -0.394 e. The van der Waals surface area contributed by atoms with Crippen LogP contribution in [0.5, 0.6) is 0 Å². The lowest BCUT2D eigenvalue weighted by molar-refractivity contribution is 0.0757. The summed E-state index contributed by atoms with van der Waals surface area (Å²) in [5.41, 5.74) is 1.80. The van der Waals surface area contributed by atoms with Gasteiger partial charge in [0.1, 0.15) is 0 Å². The Balaban J connectivity index is 2.20. The van der Waals surface area contributed by atoms with Crippen molar-refractivity contribution in [3.63, 3.8) is 0 Å². The molecule has 1 aromatic rings. The van der Waals surface area contributed by atoms with Gasteiger partial charge in [0.05, 0.1) is 23.4 Å². The molecule has 1 heterocycles. The van der Waals surface area contributed by atoms with Crippen molar-refractivity contribution in [2.75, 3.05) is 6.61 Å². The molecule has 1 fully saturated rings. The van der Waals surface area contributed by atoms with Crippen molar-refractivity contribution in [2.45, 2.75) is 51.5 Å². The molecule has 19 heavy (non-hydrogen) atoms. The van der Waals surface area contributed by atoms with Crippen LogP contribution < -0.4 is 5.32 Å². The maximum atomic E-state index is 12.5. The van der Waals surface area contributed by atoms with Crippen molar-refractivity contribution in [3.8, 4) is 0 Å². The molecule has 1 aliphatic rings. The van der Waals surface area contributed by atoms with E-state index in [0.29, 0.717) is 5.56 Å². The third-order valence-corrected chi connectivity index (χ3v) is 4.23. The third-order valence-electron chi connectivity index (χ3n) is 4.23. The van der Waals surface area contributed by atoms with Crippen LogP contribution >= 0.6 is 0 Å². The molecule has 1 saturated carbocycles. The lowest BCUT2D eigenvalue weighted by Crippen LogP contribution is -2.52. The number of nitrogens with zero attached hydrogens (tertiary/aromatic N) is 2. The zero-order chi connectivity index (χ0) is 14.0. The number of aliphatic hydroxyl groups is 1. The molecule has 0 bridgehead atoms. The Morgan fingerprint density at radius 1 is 1.37 bits per heavy atom. The fourth-order valence-electron chi connectivity index (χ4n) is 2.96. The van der Waals surface area contributed by atoms with E-state index in [-0.39, 0.29) is 12.5 Å². The molecule has 1 aliphatic carbocycles. The first-order valence-corrected chi connectivity index (χ1v) is 6.93. The summed E-state index contributed by atoms with van der Waals surface area (Å²) in [6, 6.07) is 0. The highest BCUT2D eigenvalue weighted by molar-refractivity contribution is 5.96. The molecule has 2 N–H and O–H groups in total. The van der Waals surface area contributed by atoms with Gasteiger partial charge in [-0.3, -0.25) is 9.48 Å². The van der Waals surface area contributed by atoms with Gasteiger partial charge < -0.3 is 10.4 Å². The van der Waals surface area contributed by atoms with Gasteiger partial charge in [-0.25, -0.2) is 0 Å². The smallest absolute Gasteiger partial charge is 0.255 e. The molecule has 0 atom stereocenters. The van der Waals surface area contributed by atoms with Gasteiger partial charge in [0.25, 0.3) is 5.91 Å². The number of aryl methyl sites for hydroxylation is 2. The molecule has 0 unspecified atom stereocenters. The first-order chi connectivity index (χ1) is 8.99.